The van der Waals surface area contributed by atoms with E-state index in [1.807, 2.05) is 20.8 Å². The lowest BCUT2D eigenvalue weighted by molar-refractivity contribution is -0.142. The maximum atomic E-state index is 11.9. The van der Waals surface area contributed by atoms with Crippen LogP contribution in [0.25, 0.3) is 0 Å². The second-order valence-electron chi connectivity index (χ2n) is 6.18. The highest BCUT2D eigenvalue weighted by Crippen LogP contribution is 2.28. The number of phenolic OH excluding ortho intramolecular Hbond substituents is 2. The first-order chi connectivity index (χ1) is 9.61. The molecular formula is C15H21NO5. The number of carbonyl (C=O) groups excluding carboxylic acids is 1. The average Bonchev–Trinajstić information content (AvgIpc) is 2.35. The smallest absolute Gasteiger partial charge is 0.308 e. The Hall–Kier alpha value is -2.24. The van der Waals surface area contributed by atoms with Crippen molar-refractivity contribution in [1.29, 1.82) is 0 Å². The SMILES string of the molecule is CC(C)(C)CC(CNC(=O)c1cccc(O)c1O)C(=O)O. The summed E-state index contributed by atoms with van der Waals surface area (Å²) >= 11 is 0. The van der Waals surface area contributed by atoms with Gasteiger partial charge in [-0.25, -0.2) is 0 Å². The summed E-state index contributed by atoms with van der Waals surface area (Å²) in [6.45, 7) is 5.73. The van der Waals surface area contributed by atoms with Gasteiger partial charge in [0.2, 0.25) is 0 Å². The van der Waals surface area contributed by atoms with Gasteiger partial charge in [-0.15, -0.1) is 0 Å². The number of aromatic hydroxyl groups is 2. The van der Waals surface area contributed by atoms with Crippen molar-refractivity contribution in [3.05, 3.63) is 23.8 Å². The first-order valence-electron chi connectivity index (χ1n) is 6.64. The van der Waals surface area contributed by atoms with E-state index in [1.165, 1.54) is 18.2 Å². The zero-order chi connectivity index (χ0) is 16.2. The van der Waals surface area contributed by atoms with E-state index in [-0.39, 0.29) is 17.5 Å². The molecule has 1 aromatic rings. The van der Waals surface area contributed by atoms with Crippen LogP contribution < -0.4 is 5.32 Å². The van der Waals surface area contributed by atoms with E-state index >= 15 is 0 Å². The number of benzene rings is 1. The van der Waals surface area contributed by atoms with Gasteiger partial charge in [0.15, 0.2) is 11.5 Å². The molecule has 6 nitrogen and oxygen atoms in total. The van der Waals surface area contributed by atoms with Gasteiger partial charge < -0.3 is 20.6 Å². The maximum Gasteiger partial charge on any atom is 0.308 e. The monoisotopic (exact) mass is 295 g/mol. The molecule has 0 aliphatic rings. The van der Waals surface area contributed by atoms with Crippen molar-refractivity contribution in [2.24, 2.45) is 11.3 Å². The predicted octanol–water partition coefficient (Wildman–Crippen LogP) is 1.96. The zero-order valence-electron chi connectivity index (χ0n) is 12.4. The van der Waals surface area contributed by atoms with Crippen LogP contribution in [0.4, 0.5) is 0 Å². The molecule has 6 heteroatoms. The predicted molar refractivity (Wildman–Crippen MR) is 77.3 cm³/mol. The summed E-state index contributed by atoms with van der Waals surface area (Å²) in [6, 6.07) is 4.03. The fourth-order valence-corrected chi connectivity index (χ4v) is 2.01. The number of para-hydroxylation sites is 1. The zero-order valence-corrected chi connectivity index (χ0v) is 12.4. The normalized spacial score (nSPS) is 12.7. The number of phenols is 2. The Kier molecular flexibility index (Phi) is 5.18. The number of carbonyl (C=O) groups is 2. The molecule has 1 atom stereocenters. The van der Waals surface area contributed by atoms with Crippen molar-refractivity contribution in [2.45, 2.75) is 27.2 Å². The molecule has 0 aliphatic heterocycles. The van der Waals surface area contributed by atoms with E-state index in [1.54, 1.807) is 0 Å². The van der Waals surface area contributed by atoms with Crippen molar-refractivity contribution in [1.82, 2.24) is 5.32 Å². The Morgan fingerprint density at radius 3 is 2.38 bits per heavy atom. The minimum atomic E-state index is -0.981. The molecule has 116 valence electrons. The quantitative estimate of drug-likeness (QED) is 0.621. The number of carboxylic acid groups (broad SMARTS) is 1. The molecule has 0 radical (unpaired) electrons. The highest BCUT2D eigenvalue weighted by Gasteiger charge is 2.25. The lowest BCUT2D eigenvalue weighted by atomic mass is 9.84. The molecule has 1 unspecified atom stereocenters. The Balaban J connectivity index is 2.74. The lowest BCUT2D eigenvalue weighted by Crippen LogP contribution is -2.35. The molecule has 0 spiro atoms. The van der Waals surface area contributed by atoms with Gasteiger partial charge in [0, 0.05) is 6.54 Å². The fraction of sp³-hybridized carbons (Fsp3) is 0.467. The molecule has 1 rings (SSSR count). The summed E-state index contributed by atoms with van der Waals surface area (Å²) in [6.07, 6.45) is 0.411. The molecule has 0 saturated carbocycles. The standard InChI is InChI=1S/C15H21NO5/c1-15(2,3)7-9(14(20)21)8-16-13(19)10-5-4-6-11(17)12(10)18/h4-6,9,17-18H,7-8H2,1-3H3,(H,16,19)(H,20,21). The van der Waals surface area contributed by atoms with E-state index in [4.69, 9.17) is 0 Å². The number of carboxylic acids is 1. The Labute approximate surface area is 123 Å². The van der Waals surface area contributed by atoms with E-state index in [0.29, 0.717) is 6.42 Å². The van der Waals surface area contributed by atoms with Gasteiger partial charge in [0.05, 0.1) is 11.5 Å². The molecule has 0 aliphatic carbocycles. The van der Waals surface area contributed by atoms with E-state index in [2.05, 4.69) is 5.32 Å². The number of amides is 1. The van der Waals surface area contributed by atoms with Crippen molar-refractivity contribution < 1.29 is 24.9 Å². The van der Waals surface area contributed by atoms with Crippen LogP contribution in [-0.2, 0) is 4.79 Å². The maximum absolute atomic E-state index is 11.9. The number of nitrogens with one attached hydrogen (secondary N) is 1. The molecule has 0 heterocycles. The van der Waals surface area contributed by atoms with Crippen molar-refractivity contribution in [2.75, 3.05) is 6.54 Å². The third kappa shape index (κ3) is 4.98. The summed E-state index contributed by atoms with van der Waals surface area (Å²) < 4.78 is 0. The fourth-order valence-electron chi connectivity index (χ4n) is 2.01. The average molecular weight is 295 g/mol. The van der Waals surface area contributed by atoms with Crippen LogP contribution in [-0.4, -0.2) is 33.7 Å². The topological polar surface area (TPSA) is 107 Å². The number of hydrogen-bond acceptors (Lipinski definition) is 4. The molecular weight excluding hydrogens is 274 g/mol. The van der Waals surface area contributed by atoms with E-state index in [9.17, 15) is 24.9 Å². The Morgan fingerprint density at radius 1 is 1.24 bits per heavy atom. The van der Waals surface area contributed by atoms with Crippen LogP contribution in [0.1, 0.15) is 37.6 Å². The summed E-state index contributed by atoms with van der Waals surface area (Å²) in [4.78, 5) is 23.1. The van der Waals surface area contributed by atoms with Crippen molar-refractivity contribution in [3.63, 3.8) is 0 Å². The highest BCUT2D eigenvalue weighted by molar-refractivity contribution is 5.97. The third-order valence-electron chi connectivity index (χ3n) is 2.98. The van der Waals surface area contributed by atoms with Gasteiger partial charge in [0.1, 0.15) is 0 Å². The molecule has 0 aromatic heterocycles. The van der Waals surface area contributed by atoms with Crippen LogP contribution in [0.2, 0.25) is 0 Å². The van der Waals surface area contributed by atoms with Crippen LogP contribution in [0.15, 0.2) is 18.2 Å². The lowest BCUT2D eigenvalue weighted by Gasteiger charge is -2.23. The summed E-state index contributed by atoms with van der Waals surface area (Å²) in [5.41, 5.74) is -0.268. The molecule has 0 bridgehead atoms. The van der Waals surface area contributed by atoms with Crippen LogP contribution in [0, 0.1) is 11.3 Å². The second kappa shape index (κ2) is 6.47. The second-order valence-corrected chi connectivity index (χ2v) is 6.18. The van der Waals surface area contributed by atoms with E-state index < -0.39 is 29.3 Å². The molecule has 1 amide bonds. The van der Waals surface area contributed by atoms with Crippen LogP contribution >= 0.6 is 0 Å². The minimum absolute atomic E-state index is 0.0411. The van der Waals surface area contributed by atoms with Crippen molar-refractivity contribution >= 4 is 11.9 Å². The summed E-state index contributed by atoms with van der Waals surface area (Å²) in [7, 11) is 0. The molecule has 0 fully saturated rings. The summed E-state index contributed by atoms with van der Waals surface area (Å²) in [5.74, 6) is -3.23. The Morgan fingerprint density at radius 2 is 1.86 bits per heavy atom. The van der Waals surface area contributed by atoms with Crippen LogP contribution in [0.5, 0.6) is 11.5 Å². The number of aliphatic carboxylic acids is 1. The molecule has 4 N–H and O–H groups in total. The molecule has 21 heavy (non-hydrogen) atoms. The first-order valence-corrected chi connectivity index (χ1v) is 6.64. The van der Waals surface area contributed by atoms with E-state index in [0.717, 1.165) is 0 Å². The largest absolute Gasteiger partial charge is 0.504 e. The van der Waals surface area contributed by atoms with Gasteiger partial charge in [-0.1, -0.05) is 26.8 Å². The molecule has 1 aromatic carbocycles. The van der Waals surface area contributed by atoms with Gasteiger partial charge in [-0.05, 0) is 24.0 Å². The Bertz CT molecular complexity index is 533. The van der Waals surface area contributed by atoms with Crippen molar-refractivity contribution in [3.8, 4) is 11.5 Å². The van der Waals surface area contributed by atoms with Gasteiger partial charge >= 0.3 is 5.97 Å². The third-order valence-corrected chi connectivity index (χ3v) is 2.98. The molecule has 0 saturated heterocycles. The number of hydrogen-bond donors (Lipinski definition) is 4. The van der Waals surface area contributed by atoms with Gasteiger partial charge in [0.25, 0.3) is 5.91 Å². The summed E-state index contributed by atoms with van der Waals surface area (Å²) in [5, 5.41) is 30.6. The minimum Gasteiger partial charge on any atom is -0.504 e. The van der Waals surface area contributed by atoms with Gasteiger partial charge in [-0.3, -0.25) is 9.59 Å². The highest BCUT2D eigenvalue weighted by atomic mass is 16.4. The first kappa shape index (κ1) is 16.8. The van der Waals surface area contributed by atoms with Crippen LogP contribution in [0.3, 0.4) is 0 Å². The number of rotatable bonds is 5. The van der Waals surface area contributed by atoms with Gasteiger partial charge in [-0.2, -0.15) is 0 Å².